The van der Waals surface area contributed by atoms with Crippen LogP contribution in [0.3, 0.4) is 0 Å². The Labute approximate surface area is 130 Å². The van der Waals surface area contributed by atoms with Crippen molar-refractivity contribution in [2.45, 2.75) is 44.8 Å². The Morgan fingerprint density at radius 3 is 2.62 bits per heavy atom. The molecule has 0 radical (unpaired) electrons. The molecule has 1 N–H and O–H groups in total. The molecule has 0 amide bonds. The molecular weight excluding hydrogens is 258 g/mol. The minimum atomic E-state index is 0.414. The first-order chi connectivity index (χ1) is 10.1. The number of rotatable bonds is 6. The molecule has 1 fully saturated rings. The third-order valence-corrected chi connectivity index (χ3v) is 4.80. The second-order valence-corrected chi connectivity index (χ2v) is 6.44. The van der Waals surface area contributed by atoms with E-state index in [1.165, 1.54) is 31.5 Å². The number of hydrogen-bond acceptors (Lipinski definition) is 3. The molecule has 1 aromatic rings. The third-order valence-electron chi connectivity index (χ3n) is 4.80. The summed E-state index contributed by atoms with van der Waals surface area (Å²) < 4.78 is 0. The number of hydrogen-bond donors (Lipinski definition) is 1. The molecule has 1 saturated heterocycles. The van der Waals surface area contributed by atoms with Crippen LogP contribution in [-0.2, 0) is 0 Å². The zero-order valence-electron chi connectivity index (χ0n) is 14.0. The maximum absolute atomic E-state index is 3.68. The van der Waals surface area contributed by atoms with Gasteiger partial charge < -0.3 is 10.2 Å². The van der Waals surface area contributed by atoms with Gasteiger partial charge in [0.05, 0.1) is 0 Å². The quantitative estimate of drug-likeness (QED) is 0.869. The van der Waals surface area contributed by atoms with Crippen molar-refractivity contribution in [2.24, 2.45) is 0 Å². The van der Waals surface area contributed by atoms with Crippen molar-refractivity contribution in [2.75, 3.05) is 33.7 Å². The van der Waals surface area contributed by atoms with E-state index in [0.717, 1.165) is 6.54 Å². The number of nitrogens with zero attached hydrogens (tertiary/aromatic N) is 2. The molecule has 1 aromatic carbocycles. The normalized spacial score (nSPS) is 23.2. The molecule has 2 rings (SSSR count). The van der Waals surface area contributed by atoms with Crippen molar-refractivity contribution in [3.63, 3.8) is 0 Å². The molecule has 0 saturated carbocycles. The van der Waals surface area contributed by atoms with Gasteiger partial charge in [0.25, 0.3) is 0 Å². The summed E-state index contributed by atoms with van der Waals surface area (Å²) in [6, 6.07) is 12.5. The van der Waals surface area contributed by atoms with Gasteiger partial charge >= 0.3 is 0 Å². The second kappa shape index (κ2) is 7.92. The number of nitrogens with one attached hydrogen (secondary N) is 1. The first kappa shape index (κ1) is 16.5. The molecule has 3 nitrogen and oxygen atoms in total. The molecule has 3 atom stereocenters. The van der Waals surface area contributed by atoms with Crippen LogP contribution in [0.4, 0.5) is 0 Å². The maximum Gasteiger partial charge on any atom is 0.0475 e. The van der Waals surface area contributed by atoms with Crippen LogP contribution in [0.5, 0.6) is 0 Å². The molecule has 1 heterocycles. The summed E-state index contributed by atoms with van der Waals surface area (Å²) in [5.74, 6) is 0. The minimum Gasteiger partial charge on any atom is -0.309 e. The van der Waals surface area contributed by atoms with Crippen LogP contribution < -0.4 is 5.32 Å². The highest BCUT2D eigenvalue weighted by atomic mass is 15.2. The van der Waals surface area contributed by atoms with Crippen molar-refractivity contribution in [1.29, 1.82) is 0 Å². The zero-order chi connectivity index (χ0) is 15.2. The molecule has 0 bridgehead atoms. The zero-order valence-corrected chi connectivity index (χ0v) is 14.0. The monoisotopic (exact) mass is 289 g/mol. The molecule has 3 unspecified atom stereocenters. The summed E-state index contributed by atoms with van der Waals surface area (Å²) in [5.41, 5.74) is 1.40. The fraction of sp³-hybridized carbons (Fsp3) is 0.667. The van der Waals surface area contributed by atoms with E-state index in [-0.39, 0.29) is 0 Å². The fourth-order valence-corrected chi connectivity index (χ4v) is 3.43. The summed E-state index contributed by atoms with van der Waals surface area (Å²) in [7, 11) is 4.41. The standard InChI is InChI=1S/C18H31N3/c1-5-19-18(16-10-7-6-8-11-16)15(2)21-13-9-12-17(14-21)20(3)4/h6-8,10-11,15,17-19H,5,9,12-14H2,1-4H3. The van der Waals surface area contributed by atoms with Gasteiger partial charge in [0, 0.05) is 24.7 Å². The van der Waals surface area contributed by atoms with Crippen molar-refractivity contribution >= 4 is 0 Å². The topological polar surface area (TPSA) is 18.5 Å². The highest BCUT2D eigenvalue weighted by molar-refractivity contribution is 5.20. The van der Waals surface area contributed by atoms with Gasteiger partial charge in [-0.25, -0.2) is 0 Å². The van der Waals surface area contributed by atoms with E-state index >= 15 is 0 Å². The maximum atomic E-state index is 3.68. The molecule has 21 heavy (non-hydrogen) atoms. The van der Waals surface area contributed by atoms with E-state index in [1.54, 1.807) is 0 Å². The SMILES string of the molecule is CCNC(c1ccccc1)C(C)N1CCCC(N(C)C)C1. The second-order valence-electron chi connectivity index (χ2n) is 6.44. The highest BCUT2D eigenvalue weighted by Crippen LogP contribution is 2.24. The Bertz CT molecular complexity index is 404. The molecule has 3 heteroatoms. The lowest BCUT2D eigenvalue weighted by Crippen LogP contribution is -2.51. The van der Waals surface area contributed by atoms with Crippen LogP contribution in [0.25, 0.3) is 0 Å². The molecule has 0 spiro atoms. The lowest BCUT2D eigenvalue weighted by molar-refractivity contribution is 0.0854. The summed E-state index contributed by atoms with van der Waals surface area (Å²) in [6.45, 7) is 7.98. The van der Waals surface area contributed by atoms with E-state index in [4.69, 9.17) is 0 Å². The van der Waals surface area contributed by atoms with E-state index in [9.17, 15) is 0 Å². The Kier molecular flexibility index (Phi) is 6.22. The minimum absolute atomic E-state index is 0.414. The number of benzene rings is 1. The van der Waals surface area contributed by atoms with Gasteiger partial charge in [-0.2, -0.15) is 0 Å². The van der Waals surface area contributed by atoms with E-state index < -0.39 is 0 Å². The van der Waals surface area contributed by atoms with Crippen LogP contribution in [0.2, 0.25) is 0 Å². The molecule has 1 aliphatic rings. The Morgan fingerprint density at radius 2 is 2.00 bits per heavy atom. The van der Waals surface area contributed by atoms with Crippen LogP contribution in [0, 0.1) is 0 Å². The summed E-state index contributed by atoms with van der Waals surface area (Å²) in [4.78, 5) is 5.04. The van der Waals surface area contributed by atoms with Gasteiger partial charge in [0.2, 0.25) is 0 Å². The average Bonchev–Trinajstić information content (AvgIpc) is 2.53. The average molecular weight is 289 g/mol. The van der Waals surface area contributed by atoms with Crippen molar-refractivity contribution in [3.05, 3.63) is 35.9 Å². The predicted molar refractivity (Wildman–Crippen MR) is 90.6 cm³/mol. The Balaban J connectivity index is 2.09. The number of likely N-dealkylation sites (tertiary alicyclic amines) is 1. The van der Waals surface area contributed by atoms with Gasteiger partial charge in [-0.1, -0.05) is 37.3 Å². The third kappa shape index (κ3) is 4.29. The first-order valence-corrected chi connectivity index (χ1v) is 8.32. The van der Waals surface area contributed by atoms with Gasteiger partial charge in [0.1, 0.15) is 0 Å². The summed E-state index contributed by atoms with van der Waals surface area (Å²) in [5, 5.41) is 3.68. The van der Waals surface area contributed by atoms with E-state index in [1.807, 2.05) is 0 Å². The van der Waals surface area contributed by atoms with Gasteiger partial charge in [-0.05, 0) is 52.5 Å². The molecule has 0 aromatic heterocycles. The molecular formula is C18H31N3. The van der Waals surface area contributed by atoms with Crippen LogP contribution in [0.1, 0.15) is 38.3 Å². The highest BCUT2D eigenvalue weighted by Gasteiger charge is 2.29. The Hall–Kier alpha value is -0.900. The smallest absolute Gasteiger partial charge is 0.0475 e. The lowest BCUT2D eigenvalue weighted by atomic mass is 9.95. The van der Waals surface area contributed by atoms with Crippen LogP contribution in [0.15, 0.2) is 30.3 Å². The van der Waals surface area contributed by atoms with Crippen LogP contribution in [-0.4, -0.2) is 55.6 Å². The van der Waals surface area contributed by atoms with Crippen molar-refractivity contribution < 1.29 is 0 Å². The van der Waals surface area contributed by atoms with E-state index in [0.29, 0.717) is 18.1 Å². The lowest BCUT2D eigenvalue weighted by Gasteiger charge is -2.42. The largest absolute Gasteiger partial charge is 0.309 e. The first-order valence-electron chi connectivity index (χ1n) is 8.32. The van der Waals surface area contributed by atoms with Crippen molar-refractivity contribution in [3.8, 4) is 0 Å². The van der Waals surface area contributed by atoms with Crippen LogP contribution >= 0.6 is 0 Å². The van der Waals surface area contributed by atoms with Gasteiger partial charge in [-0.3, -0.25) is 4.90 Å². The van der Waals surface area contributed by atoms with Crippen molar-refractivity contribution in [1.82, 2.24) is 15.1 Å². The molecule has 118 valence electrons. The number of piperidine rings is 1. The number of likely N-dealkylation sites (N-methyl/N-ethyl adjacent to an activating group) is 2. The summed E-state index contributed by atoms with van der Waals surface area (Å²) >= 11 is 0. The molecule has 1 aliphatic heterocycles. The summed E-state index contributed by atoms with van der Waals surface area (Å²) in [6.07, 6.45) is 2.63. The predicted octanol–water partition coefficient (Wildman–Crippen LogP) is 2.75. The van der Waals surface area contributed by atoms with Gasteiger partial charge in [0.15, 0.2) is 0 Å². The van der Waals surface area contributed by atoms with E-state index in [2.05, 4.69) is 73.4 Å². The Morgan fingerprint density at radius 1 is 1.29 bits per heavy atom. The van der Waals surface area contributed by atoms with Gasteiger partial charge in [-0.15, -0.1) is 0 Å². The molecule has 0 aliphatic carbocycles. The fourth-order valence-electron chi connectivity index (χ4n) is 3.43.